The van der Waals surface area contributed by atoms with E-state index in [0.29, 0.717) is 5.16 Å². The van der Waals surface area contributed by atoms with Crippen molar-refractivity contribution < 1.29 is 26.6 Å². The smallest absolute Gasteiger partial charge is 0.377 e. The first kappa shape index (κ1) is 33.3. The van der Waals surface area contributed by atoms with Crippen molar-refractivity contribution in [2.75, 3.05) is 95.1 Å². The minimum atomic E-state index is -2.61. The molecule has 0 spiro atoms. The van der Waals surface area contributed by atoms with E-state index in [0.717, 1.165) is 31.6 Å². The molecule has 0 saturated carbocycles. The lowest BCUT2D eigenvalue weighted by atomic mass is 10.1. The molecule has 9 nitrogen and oxygen atoms in total. The highest BCUT2D eigenvalue weighted by Crippen LogP contribution is 2.29. The molecule has 0 aromatic heterocycles. The summed E-state index contributed by atoms with van der Waals surface area (Å²) in [5, 5.41) is 4.06. The molecule has 0 bridgehead atoms. The summed E-state index contributed by atoms with van der Waals surface area (Å²) in [6, 6.07) is 0.816. The topological polar surface area (TPSA) is 73.9 Å². The number of unbranched alkanes of at least 4 members (excludes halogenated alkanes) is 4. The van der Waals surface area contributed by atoms with Gasteiger partial charge in [0.05, 0.1) is 0 Å². The van der Waals surface area contributed by atoms with Gasteiger partial charge in [0.15, 0.2) is 0 Å². The third kappa shape index (κ3) is 12.1. The lowest BCUT2D eigenvalue weighted by molar-refractivity contribution is 0.118. The van der Waals surface area contributed by atoms with Gasteiger partial charge in [0.2, 0.25) is 0 Å². The molecule has 0 aliphatic carbocycles. The lowest BCUT2D eigenvalue weighted by Crippen LogP contribution is -2.51. The lowest BCUT2D eigenvalue weighted by Gasteiger charge is -2.32. The fourth-order valence-electron chi connectivity index (χ4n) is 4.96. The van der Waals surface area contributed by atoms with Gasteiger partial charge >= 0.3 is 17.6 Å². The van der Waals surface area contributed by atoms with Crippen molar-refractivity contribution in [1.82, 2.24) is 15.1 Å². The van der Waals surface area contributed by atoms with Crippen molar-refractivity contribution in [3.63, 3.8) is 0 Å². The van der Waals surface area contributed by atoms with Crippen LogP contribution in [-0.4, -0.2) is 132 Å². The van der Waals surface area contributed by atoms with Crippen LogP contribution in [0.15, 0.2) is 0 Å². The van der Waals surface area contributed by atoms with Crippen molar-refractivity contribution in [2.45, 2.75) is 56.2 Å². The Hall–Kier alpha value is 0.291. The second-order valence-corrected chi connectivity index (χ2v) is 18.8. The van der Waals surface area contributed by atoms with Crippen LogP contribution in [0.5, 0.6) is 0 Å². The summed E-state index contributed by atoms with van der Waals surface area (Å²) < 4.78 is 34.2. The van der Waals surface area contributed by atoms with Crippen molar-refractivity contribution in [3.8, 4) is 0 Å². The van der Waals surface area contributed by atoms with Crippen LogP contribution < -0.4 is 5.32 Å². The summed E-state index contributed by atoms with van der Waals surface area (Å²) in [6.45, 7) is 7.05. The van der Waals surface area contributed by atoms with Crippen LogP contribution >= 0.6 is 0 Å². The molecule has 1 unspecified atom stereocenters. The summed E-state index contributed by atoms with van der Waals surface area (Å²) in [4.78, 5) is 5.04. The van der Waals surface area contributed by atoms with Gasteiger partial charge < -0.3 is 41.7 Å². The first-order valence-electron chi connectivity index (χ1n) is 13.4. The standard InChI is InChI=1S/C23H55N3O6Si3/c1-25-17-19-26(20-18-25)16-12-10-8-9-11-14-23(35(30-5,31-6)32-7)33-22-24-15-13-21-34(27-2,28-3)29-4/h23-24H,8-22,33H2,1-7H3. The number of nitrogens with zero attached hydrogens (tertiary/aromatic N) is 2. The molecule has 1 fully saturated rings. The van der Waals surface area contributed by atoms with Crippen molar-refractivity contribution in [2.24, 2.45) is 0 Å². The zero-order valence-corrected chi connectivity index (χ0v) is 27.1. The van der Waals surface area contributed by atoms with Gasteiger partial charge in [-0.1, -0.05) is 25.7 Å². The zero-order valence-electron chi connectivity index (χ0n) is 23.7. The zero-order chi connectivity index (χ0) is 26.0. The number of likely N-dealkylation sites (N-methyl/N-ethyl adjacent to an activating group) is 1. The van der Waals surface area contributed by atoms with Gasteiger partial charge in [-0.05, 0) is 45.6 Å². The van der Waals surface area contributed by atoms with Crippen LogP contribution in [0.4, 0.5) is 0 Å². The highest BCUT2D eigenvalue weighted by molar-refractivity contribution is 6.73. The van der Waals surface area contributed by atoms with Crippen LogP contribution in [0, 0.1) is 0 Å². The van der Waals surface area contributed by atoms with E-state index in [1.165, 1.54) is 64.8 Å². The predicted molar refractivity (Wildman–Crippen MR) is 150 cm³/mol. The van der Waals surface area contributed by atoms with Crippen LogP contribution in [0.2, 0.25) is 11.2 Å². The van der Waals surface area contributed by atoms with Gasteiger partial charge in [-0.25, -0.2) is 0 Å². The fourth-order valence-corrected chi connectivity index (χ4v) is 13.5. The Labute approximate surface area is 220 Å². The second-order valence-electron chi connectivity index (χ2n) is 9.55. The molecule has 1 N–H and O–H groups in total. The van der Waals surface area contributed by atoms with E-state index in [4.69, 9.17) is 26.6 Å². The quantitative estimate of drug-likeness (QED) is 0.159. The fraction of sp³-hybridized carbons (Fsp3) is 1.00. The van der Waals surface area contributed by atoms with E-state index in [2.05, 4.69) is 22.2 Å². The van der Waals surface area contributed by atoms with E-state index < -0.39 is 27.1 Å². The number of hydrogen-bond acceptors (Lipinski definition) is 9. The van der Waals surface area contributed by atoms with E-state index in [9.17, 15) is 0 Å². The Morgan fingerprint density at radius 2 is 1.31 bits per heavy atom. The molecule has 1 aliphatic heterocycles. The first-order valence-corrected chi connectivity index (χ1v) is 18.9. The molecule has 35 heavy (non-hydrogen) atoms. The normalized spacial score (nSPS) is 17.6. The van der Waals surface area contributed by atoms with Crippen LogP contribution in [-0.2, 0) is 26.6 Å². The molecule has 0 radical (unpaired) electrons. The molecule has 0 aromatic rings. The van der Waals surface area contributed by atoms with Crippen molar-refractivity contribution in [1.29, 1.82) is 0 Å². The third-order valence-electron chi connectivity index (χ3n) is 7.42. The molecule has 0 amide bonds. The molecular formula is C23H55N3O6Si3. The number of rotatable bonds is 22. The molecule has 1 rings (SSSR count). The Morgan fingerprint density at radius 3 is 1.89 bits per heavy atom. The molecule has 1 aliphatic rings. The minimum Gasteiger partial charge on any atom is -0.377 e. The number of piperazine rings is 1. The summed E-state index contributed by atoms with van der Waals surface area (Å²) in [6.07, 6.45) is 9.61. The molecule has 1 heterocycles. The summed E-state index contributed by atoms with van der Waals surface area (Å²) in [7, 11) is 6.91. The van der Waals surface area contributed by atoms with Crippen LogP contribution in [0.25, 0.3) is 0 Å². The highest BCUT2D eigenvalue weighted by Gasteiger charge is 2.46. The van der Waals surface area contributed by atoms with Gasteiger partial charge in [0, 0.05) is 89.6 Å². The van der Waals surface area contributed by atoms with Gasteiger partial charge in [-0.3, -0.25) is 0 Å². The number of nitrogens with one attached hydrogen (secondary N) is 1. The molecule has 0 aromatic carbocycles. The largest absolute Gasteiger partial charge is 0.500 e. The highest BCUT2D eigenvalue weighted by atomic mass is 28.4. The Morgan fingerprint density at radius 1 is 0.743 bits per heavy atom. The van der Waals surface area contributed by atoms with Crippen molar-refractivity contribution >= 4 is 27.1 Å². The molecule has 1 atom stereocenters. The van der Waals surface area contributed by atoms with E-state index in [1.807, 2.05) is 0 Å². The summed E-state index contributed by atoms with van der Waals surface area (Å²) >= 11 is 0. The summed E-state index contributed by atoms with van der Waals surface area (Å²) in [5.41, 5.74) is 0. The predicted octanol–water partition coefficient (Wildman–Crippen LogP) is 1.76. The second kappa shape index (κ2) is 19.4. The van der Waals surface area contributed by atoms with E-state index in [1.54, 1.807) is 42.7 Å². The average molecular weight is 554 g/mol. The number of hydrogen-bond donors (Lipinski definition) is 1. The van der Waals surface area contributed by atoms with Crippen LogP contribution in [0.3, 0.4) is 0 Å². The van der Waals surface area contributed by atoms with Gasteiger partial charge in [-0.15, -0.1) is 0 Å². The Bertz CT molecular complexity index is 494. The van der Waals surface area contributed by atoms with E-state index >= 15 is 0 Å². The maximum absolute atomic E-state index is 5.88. The van der Waals surface area contributed by atoms with E-state index in [-0.39, 0.29) is 0 Å². The Balaban J connectivity index is 2.32. The maximum Gasteiger partial charge on any atom is 0.500 e. The minimum absolute atomic E-state index is 0.436. The molecular weight excluding hydrogens is 499 g/mol. The van der Waals surface area contributed by atoms with Crippen molar-refractivity contribution in [3.05, 3.63) is 0 Å². The Kier molecular flexibility index (Phi) is 18.4. The molecule has 210 valence electrons. The summed E-state index contributed by atoms with van der Waals surface area (Å²) in [5.74, 6) is 0. The third-order valence-corrected chi connectivity index (χ3v) is 17.4. The SMILES string of the molecule is CO[Si](CCCNC[SiH2]C(CCCCCCCN1CCN(C)CC1)[Si](OC)(OC)OC)(OC)OC. The van der Waals surface area contributed by atoms with Gasteiger partial charge in [0.25, 0.3) is 0 Å². The van der Waals surface area contributed by atoms with Gasteiger partial charge in [-0.2, -0.15) is 0 Å². The van der Waals surface area contributed by atoms with Gasteiger partial charge in [0.1, 0.15) is 0 Å². The average Bonchev–Trinajstić information content (AvgIpc) is 2.90. The molecule has 1 saturated heterocycles. The molecule has 12 heteroatoms. The monoisotopic (exact) mass is 553 g/mol. The van der Waals surface area contributed by atoms with Crippen LogP contribution in [0.1, 0.15) is 44.9 Å². The first-order chi connectivity index (χ1) is 16.9. The maximum atomic E-state index is 5.88.